The molecule has 0 radical (unpaired) electrons. The van der Waals surface area contributed by atoms with Gasteiger partial charge in [-0.1, -0.05) is 11.6 Å². The van der Waals surface area contributed by atoms with Gasteiger partial charge in [0.15, 0.2) is 0 Å². The number of rotatable bonds is 1. The first kappa shape index (κ1) is 12.4. The van der Waals surface area contributed by atoms with E-state index in [0.29, 0.717) is 17.4 Å². The van der Waals surface area contributed by atoms with Crippen molar-refractivity contribution < 1.29 is 9.47 Å². The van der Waals surface area contributed by atoms with Crippen molar-refractivity contribution in [2.45, 2.75) is 12.5 Å². The van der Waals surface area contributed by atoms with Crippen molar-refractivity contribution >= 4 is 24.0 Å². The largest absolute Gasteiger partial charge is 0.497 e. The summed E-state index contributed by atoms with van der Waals surface area (Å²) in [4.78, 5) is 0. The Labute approximate surface area is 99.9 Å². The van der Waals surface area contributed by atoms with Gasteiger partial charge in [-0.15, -0.1) is 12.4 Å². The highest BCUT2D eigenvalue weighted by molar-refractivity contribution is 6.32. The van der Waals surface area contributed by atoms with Crippen molar-refractivity contribution in [3.05, 3.63) is 22.7 Å². The molecule has 84 valence electrons. The lowest BCUT2D eigenvalue weighted by atomic mass is 10.0. The summed E-state index contributed by atoms with van der Waals surface area (Å²) in [6.07, 6.45) is 0.816. The molecule has 1 aliphatic rings. The van der Waals surface area contributed by atoms with Gasteiger partial charge in [0.25, 0.3) is 0 Å². The van der Waals surface area contributed by atoms with Gasteiger partial charge < -0.3 is 15.2 Å². The van der Waals surface area contributed by atoms with Crippen LogP contribution in [0.2, 0.25) is 5.02 Å². The van der Waals surface area contributed by atoms with Gasteiger partial charge in [0.1, 0.15) is 11.5 Å². The normalized spacial score (nSPS) is 18.5. The lowest BCUT2D eigenvalue weighted by Gasteiger charge is -2.24. The molecule has 0 bridgehead atoms. The first-order valence-corrected chi connectivity index (χ1v) is 4.86. The first-order chi connectivity index (χ1) is 6.72. The van der Waals surface area contributed by atoms with Crippen molar-refractivity contribution in [2.75, 3.05) is 13.7 Å². The fourth-order valence-corrected chi connectivity index (χ4v) is 1.85. The third kappa shape index (κ3) is 2.30. The van der Waals surface area contributed by atoms with Crippen molar-refractivity contribution in [2.24, 2.45) is 5.73 Å². The van der Waals surface area contributed by atoms with Crippen LogP contribution >= 0.6 is 24.0 Å². The number of hydrogen-bond acceptors (Lipinski definition) is 3. The topological polar surface area (TPSA) is 44.5 Å². The van der Waals surface area contributed by atoms with Gasteiger partial charge in [-0.05, 0) is 6.07 Å². The van der Waals surface area contributed by atoms with E-state index in [9.17, 15) is 0 Å². The van der Waals surface area contributed by atoms with Gasteiger partial charge in [0.2, 0.25) is 0 Å². The van der Waals surface area contributed by atoms with Gasteiger partial charge in [-0.2, -0.15) is 0 Å². The van der Waals surface area contributed by atoms with Gasteiger partial charge in [0.05, 0.1) is 18.7 Å². The number of nitrogens with two attached hydrogens (primary N) is 1. The van der Waals surface area contributed by atoms with Gasteiger partial charge in [-0.3, -0.25) is 0 Å². The molecule has 0 fully saturated rings. The summed E-state index contributed by atoms with van der Waals surface area (Å²) in [5.74, 6) is 1.42. The molecule has 15 heavy (non-hydrogen) atoms. The lowest BCUT2D eigenvalue weighted by Crippen LogP contribution is -2.20. The Morgan fingerprint density at radius 1 is 1.53 bits per heavy atom. The maximum absolute atomic E-state index is 6.03. The molecule has 1 aliphatic heterocycles. The second kappa shape index (κ2) is 4.92. The van der Waals surface area contributed by atoms with Crippen LogP contribution in [0.1, 0.15) is 18.0 Å². The van der Waals surface area contributed by atoms with E-state index < -0.39 is 0 Å². The highest BCUT2D eigenvalue weighted by atomic mass is 35.5. The zero-order valence-electron chi connectivity index (χ0n) is 8.33. The van der Waals surface area contributed by atoms with Crippen LogP contribution in [0, 0.1) is 0 Å². The first-order valence-electron chi connectivity index (χ1n) is 4.48. The molecule has 2 rings (SSSR count). The number of methoxy groups -OCH3 is 1. The standard InChI is InChI=1S/C10H12ClNO2.ClH/c1-13-6-4-7-9(12)2-3-14-10(7)8(11)5-6;/h4-5,9H,2-3,12H2,1H3;1H/t9-;/m0./s1. The molecule has 0 saturated heterocycles. The highest BCUT2D eigenvalue weighted by Crippen LogP contribution is 2.39. The van der Waals surface area contributed by atoms with Crippen LogP contribution in [0.3, 0.4) is 0 Å². The molecular formula is C10H13Cl2NO2. The maximum atomic E-state index is 6.03. The van der Waals surface area contributed by atoms with E-state index in [1.165, 1.54) is 0 Å². The molecule has 1 atom stereocenters. The van der Waals surface area contributed by atoms with E-state index >= 15 is 0 Å². The van der Waals surface area contributed by atoms with E-state index in [1.54, 1.807) is 13.2 Å². The Kier molecular flexibility index (Phi) is 4.08. The Morgan fingerprint density at radius 2 is 2.27 bits per heavy atom. The molecule has 0 saturated carbocycles. The molecule has 0 unspecified atom stereocenters. The lowest BCUT2D eigenvalue weighted by molar-refractivity contribution is 0.268. The zero-order valence-corrected chi connectivity index (χ0v) is 9.90. The predicted octanol–water partition coefficient (Wildman–Crippen LogP) is 2.55. The fourth-order valence-electron chi connectivity index (χ4n) is 1.58. The minimum atomic E-state index is -0.00801. The Morgan fingerprint density at radius 3 is 2.93 bits per heavy atom. The number of fused-ring (bicyclic) bond motifs is 1. The summed E-state index contributed by atoms with van der Waals surface area (Å²) in [6, 6.07) is 3.61. The van der Waals surface area contributed by atoms with Crippen LogP contribution < -0.4 is 15.2 Å². The fraction of sp³-hybridized carbons (Fsp3) is 0.400. The van der Waals surface area contributed by atoms with Crippen LogP contribution in [-0.4, -0.2) is 13.7 Å². The number of halogens is 2. The third-order valence-corrected chi connectivity index (χ3v) is 2.64. The van der Waals surface area contributed by atoms with Crippen LogP contribution in [-0.2, 0) is 0 Å². The van der Waals surface area contributed by atoms with E-state index in [4.69, 9.17) is 26.8 Å². The smallest absolute Gasteiger partial charge is 0.142 e. The third-order valence-electron chi connectivity index (χ3n) is 2.36. The van der Waals surface area contributed by atoms with Crippen LogP contribution in [0.15, 0.2) is 12.1 Å². The molecule has 2 N–H and O–H groups in total. The average molecular weight is 250 g/mol. The minimum absolute atomic E-state index is 0. The number of benzene rings is 1. The van der Waals surface area contributed by atoms with Crippen molar-refractivity contribution in [1.82, 2.24) is 0 Å². The molecular weight excluding hydrogens is 237 g/mol. The summed E-state index contributed by atoms with van der Waals surface area (Å²) in [5, 5.41) is 0.564. The van der Waals surface area contributed by atoms with Gasteiger partial charge >= 0.3 is 0 Å². The van der Waals surface area contributed by atoms with Gasteiger partial charge in [-0.25, -0.2) is 0 Å². The molecule has 1 heterocycles. The monoisotopic (exact) mass is 249 g/mol. The Balaban J connectivity index is 0.00000112. The molecule has 0 spiro atoms. The second-order valence-electron chi connectivity index (χ2n) is 3.27. The van der Waals surface area contributed by atoms with Crippen molar-refractivity contribution in [1.29, 1.82) is 0 Å². The summed E-state index contributed by atoms with van der Waals surface area (Å²) in [7, 11) is 1.60. The van der Waals surface area contributed by atoms with E-state index in [0.717, 1.165) is 17.7 Å². The maximum Gasteiger partial charge on any atom is 0.142 e. The number of ether oxygens (including phenoxy) is 2. The predicted molar refractivity (Wildman–Crippen MR) is 62.3 cm³/mol. The van der Waals surface area contributed by atoms with Crippen molar-refractivity contribution in [3.8, 4) is 11.5 Å². The van der Waals surface area contributed by atoms with Crippen LogP contribution in [0.25, 0.3) is 0 Å². The summed E-state index contributed by atoms with van der Waals surface area (Å²) in [6.45, 7) is 0.625. The van der Waals surface area contributed by atoms with E-state index in [-0.39, 0.29) is 18.4 Å². The second-order valence-corrected chi connectivity index (χ2v) is 3.68. The summed E-state index contributed by atoms with van der Waals surface area (Å²) < 4.78 is 10.6. The highest BCUT2D eigenvalue weighted by Gasteiger charge is 2.21. The Hall–Kier alpha value is -0.640. The zero-order chi connectivity index (χ0) is 10.1. The number of hydrogen-bond donors (Lipinski definition) is 1. The quantitative estimate of drug-likeness (QED) is 0.833. The van der Waals surface area contributed by atoms with E-state index in [1.807, 2.05) is 6.07 Å². The molecule has 0 amide bonds. The molecule has 0 aliphatic carbocycles. The SMILES string of the molecule is COc1cc(Cl)c2c(c1)[C@@H](N)CCO2.Cl. The summed E-state index contributed by atoms with van der Waals surface area (Å²) >= 11 is 6.03. The van der Waals surface area contributed by atoms with E-state index in [2.05, 4.69) is 0 Å². The van der Waals surface area contributed by atoms with Crippen LogP contribution in [0.4, 0.5) is 0 Å². The van der Waals surface area contributed by atoms with Crippen molar-refractivity contribution in [3.63, 3.8) is 0 Å². The minimum Gasteiger partial charge on any atom is -0.497 e. The molecule has 0 aromatic heterocycles. The molecule has 3 nitrogen and oxygen atoms in total. The van der Waals surface area contributed by atoms with Gasteiger partial charge in [0, 0.05) is 24.1 Å². The molecule has 1 aromatic carbocycles. The molecule has 1 aromatic rings. The van der Waals surface area contributed by atoms with Crippen LogP contribution in [0.5, 0.6) is 11.5 Å². The summed E-state index contributed by atoms with van der Waals surface area (Å²) in [5.41, 5.74) is 6.88. The Bertz CT molecular complexity index is 358. The average Bonchev–Trinajstić information content (AvgIpc) is 2.19. The molecule has 5 heteroatoms.